The lowest BCUT2D eigenvalue weighted by Crippen LogP contribution is -2.42. The number of anilines is 1. The van der Waals surface area contributed by atoms with Crippen molar-refractivity contribution in [2.75, 3.05) is 11.9 Å². The van der Waals surface area contributed by atoms with Crippen molar-refractivity contribution in [3.8, 4) is 0 Å². The highest BCUT2D eigenvalue weighted by Crippen LogP contribution is 2.33. The fourth-order valence-electron chi connectivity index (χ4n) is 1.31. The number of amides is 2. The van der Waals surface area contributed by atoms with Gasteiger partial charge in [0.15, 0.2) is 0 Å². The zero-order valence-corrected chi connectivity index (χ0v) is 11.5. The molecule has 0 heterocycles. The number of hydrogen-bond donors (Lipinski definition) is 3. The van der Waals surface area contributed by atoms with Crippen molar-refractivity contribution >= 4 is 29.1 Å². The molecule has 0 unspecified atom stereocenters. The molecular weight excluding hydrogens is 313 g/mol. The quantitative estimate of drug-likeness (QED) is 0.742. The second kappa shape index (κ2) is 6.77. The van der Waals surface area contributed by atoms with E-state index in [4.69, 9.17) is 16.7 Å². The molecule has 1 aromatic carbocycles. The van der Waals surface area contributed by atoms with Crippen molar-refractivity contribution in [2.45, 2.75) is 19.1 Å². The first kappa shape index (κ1) is 17.3. The van der Waals surface area contributed by atoms with Gasteiger partial charge in [0.25, 0.3) is 0 Å². The lowest BCUT2D eigenvalue weighted by Gasteiger charge is -2.13. The van der Waals surface area contributed by atoms with Crippen molar-refractivity contribution < 1.29 is 27.9 Å². The summed E-state index contributed by atoms with van der Waals surface area (Å²) >= 11 is 5.67. The standard InChI is InChI=1S/C12H12ClF3N2O3/c1-6(5-19)17-10(20)11(21)18-9-4-7(12(14,15)16)2-3-8(9)13/h2-4,6,19H,5H2,1H3,(H,17,20)(H,18,21)/t6-/m0/s1. The van der Waals surface area contributed by atoms with Crippen LogP contribution in [0, 0.1) is 0 Å². The Kier molecular flexibility index (Phi) is 5.56. The summed E-state index contributed by atoms with van der Waals surface area (Å²) in [5.41, 5.74) is -1.34. The van der Waals surface area contributed by atoms with Crippen LogP contribution in [0.5, 0.6) is 0 Å². The predicted octanol–water partition coefficient (Wildman–Crippen LogP) is 1.79. The third kappa shape index (κ3) is 4.91. The second-order valence-electron chi connectivity index (χ2n) is 4.20. The van der Waals surface area contributed by atoms with Gasteiger partial charge >= 0.3 is 18.0 Å². The van der Waals surface area contributed by atoms with Gasteiger partial charge in [-0.3, -0.25) is 9.59 Å². The fraction of sp³-hybridized carbons (Fsp3) is 0.333. The number of nitrogens with one attached hydrogen (secondary N) is 2. The average molecular weight is 325 g/mol. The van der Waals surface area contributed by atoms with E-state index in [-0.39, 0.29) is 17.3 Å². The van der Waals surface area contributed by atoms with Crippen molar-refractivity contribution in [1.82, 2.24) is 5.32 Å². The first-order chi connectivity index (χ1) is 9.65. The maximum Gasteiger partial charge on any atom is 0.416 e. The summed E-state index contributed by atoms with van der Waals surface area (Å²) in [6.45, 7) is 1.06. The van der Waals surface area contributed by atoms with Gasteiger partial charge in [0.2, 0.25) is 0 Å². The number of hydrogen-bond acceptors (Lipinski definition) is 3. The molecule has 2 amide bonds. The third-order valence-corrected chi connectivity index (χ3v) is 2.73. The van der Waals surface area contributed by atoms with Crippen LogP contribution in [0.4, 0.5) is 18.9 Å². The summed E-state index contributed by atoms with van der Waals surface area (Å²) in [6, 6.07) is 1.68. The Morgan fingerprint density at radius 2 is 1.95 bits per heavy atom. The Morgan fingerprint density at radius 3 is 2.48 bits per heavy atom. The number of carbonyl (C=O) groups excluding carboxylic acids is 2. The molecule has 1 rings (SSSR count). The summed E-state index contributed by atoms with van der Waals surface area (Å²) in [4.78, 5) is 22.9. The molecule has 21 heavy (non-hydrogen) atoms. The van der Waals surface area contributed by atoms with Crippen LogP contribution >= 0.6 is 11.6 Å². The molecule has 0 aliphatic heterocycles. The molecule has 3 N–H and O–H groups in total. The van der Waals surface area contributed by atoms with Gasteiger partial charge in [-0.25, -0.2) is 0 Å². The first-order valence-corrected chi connectivity index (χ1v) is 6.12. The molecule has 0 aliphatic rings. The Morgan fingerprint density at radius 1 is 1.33 bits per heavy atom. The minimum absolute atomic E-state index is 0.139. The molecule has 9 heteroatoms. The maximum atomic E-state index is 12.6. The number of aliphatic hydroxyl groups excluding tert-OH is 1. The van der Waals surface area contributed by atoms with Crippen molar-refractivity contribution in [1.29, 1.82) is 0 Å². The molecule has 0 saturated heterocycles. The second-order valence-corrected chi connectivity index (χ2v) is 4.61. The molecule has 116 valence electrons. The molecule has 1 aromatic rings. The number of aliphatic hydroxyl groups is 1. The zero-order chi connectivity index (χ0) is 16.2. The lowest BCUT2D eigenvalue weighted by atomic mass is 10.2. The first-order valence-electron chi connectivity index (χ1n) is 5.74. The smallest absolute Gasteiger partial charge is 0.394 e. The van der Waals surface area contributed by atoms with Crippen molar-refractivity contribution in [3.05, 3.63) is 28.8 Å². The van der Waals surface area contributed by atoms with Crippen LogP contribution in [-0.4, -0.2) is 29.6 Å². The van der Waals surface area contributed by atoms with Gasteiger partial charge in [0.05, 0.1) is 22.9 Å². The topological polar surface area (TPSA) is 78.4 Å². The van der Waals surface area contributed by atoms with E-state index < -0.39 is 29.6 Å². The molecule has 0 radical (unpaired) electrons. The van der Waals surface area contributed by atoms with E-state index in [0.29, 0.717) is 6.07 Å². The molecule has 0 bridgehead atoms. The Labute approximate surface area is 123 Å². The molecule has 1 atom stereocenters. The lowest BCUT2D eigenvalue weighted by molar-refractivity contribution is -0.137. The zero-order valence-electron chi connectivity index (χ0n) is 10.8. The van der Waals surface area contributed by atoms with Crippen LogP contribution in [0.15, 0.2) is 18.2 Å². The van der Waals surface area contributed by atoms with Crippen LogP contribution < -0.4 is 10.6 Å². The van der Waals surface area contributed by atoms with Gasteiger partial charge in [-0.2, -0.15) is 13.2 Å². The molecule has 0 spiro atoms. The van der Waals surface area contributed by atoms with E-state index >= 15 is 0 Å². The molecule has 0 aromatic heterocycles. The Bertz CT molecular complexity index is 549. The number of halogens is 4. The van der Waals surface area contributed by atoms with E-state index in [1.54, 1.807) is 0 Å². The van der Waals surface area contributed by atoms with E-state index in [1.807, 2.05) is 5.32 Å². The minimum atomic E-state index is -4.60. The Hall–Kier alpha value is -1.80. The summed E-state index contributed by atoms with van der Waals surface area (Å²) < 4.78 is 37.7. The third-order valence-electron chi connectivity index (χ3n) is 2.40. The van der Waals surface area contributed by atoms with Crippen LogP contribution in [0.3, 0.4) is 0 Å². The van der Waals surface area contributed by atoms with Gasteiger partial charge in [0.1, 0.15) is 0 Å². The van der Waals surface area contributed by atoms with Gasteiger partial charge in [-0.1, -0.05) is 11.6 Å². The van der Waals surface area contributed by atoms with E-state index in [1.165, 1.54) is 6.92 Å². The molecule has 0 aliphatic carbocycles. The summed E-state index contributed by atoms with van der Waals surface area (Å²) in [5, 5.41) is 12.7. The number of rotatable bonds is 3. The largest absolute Gasteiger partial charge is 0.416 e. The number of alkyl halides is 3. The Balaban J connectivity index is 2.87. The van der Waals surface area contributed by atoms with Crippen LogP contribution in [-0.2, 0) is 15.8 Å². The van der Waals surface area contributed by atoms with E-state index in [9.17, 15) is 22.8 Å². The fourth-order valence-corrected chi connectivity index (χ4v) is 1.48. The minimum Gasteiger partial charge on any atom is -0.394 e. The highest BCUT2D eigenvalue weighted by molar-refractivity contribution is 6.41. The highest BCUT2D eigenvalue weighted by Gasteiger charge is 2.31. The van der Waals surface area contributed by atoms with E-state index in [2.05, 4.69) is 5.32 Å². The molecule has 0 fully saturated rings. The molecule has 0 saturated carbocycles. The average Bonchev–Trinajstić information content (AvgIpc) is 2.39. The molecular formula is C12H12ClF3N2O3. The summed E-state index contributed by atoms with van der Waals surface area (Å²) in [5.74, 6) is -2.28. The number of carbonyl (C=O) groups is 2. The summed E-state index contributed by atoms with van der Waals surface area (Å²) in [7, 11) is 0. The van der Waals surface area contributed by atoms with Crippen LogP contribution in [0.1, 0.15) is 12.5 Å². The monoisotopic (exact) mass is 324 g/mol. The highest BCUT2D eigenvalue weighted by atomic mass is 35.5. The van der Waals surface area contributed by atoms with Gasteiger partial charge in [-0.15, -0.1) is 0 Å². The summed E-state index contributed by atoms with van der Waals surface area (Å²) in [6.07, 6.45) is -4.60. The van der Waals surface area contributed by atoms with Crippen LogP contribution in [0.2, 0.25) is 5.02 Å². The maximum absolute atomic E-state index is 12.6. The number of benzene rings is 1. The predicted molar refractivity (Wildman–Crippen MR) is 69.8 cm³/mol. The normalized spacial score (nSPS) is 12.7. The van der Waals surface area contributed by atoms with Gasteiger partial charge in [-0.05, 0) is 25.1 Å². The van der Waals surface area contributed by atoms with E-state index in [0.717, 1.165) is 12.1 Å². The molecule has 5 nitrogen and oxygen atoms in total. The van der Waals surface area contributed by atoms with Crippen LogP contribution in [0.25, 0.3) is 0 Å². The van der Waals surface area contributed by atoms with Gasteiger partial charge < -0.3 is 15.7 Å². The van der Waals surface area contributed by atoms with Crippen molar-refractivity contribution in [3.63, 3.8) is 0 Å². The van der Waals surface area contributed by atoms with Crippen molar-refractivity contribution in [2.24, 2.45) is 0 Å². The van der Waals surface area contributed by atoms with Gasteiger partial charge in [0, 0.05) is 6.04 Å². The SMILES string of the molecule is C[C@@H](CO)NC(=O)C(=O)Nc1cc(C(F)(F)F)ccc1Cl.